The van der Waals surface area contributed by atoms with Crippen molar-refractivity contribution in [1.29, 1.82) is 5.26 Å². The van der Waals surface area contributed by atoms with E-state index in [9.17, 15) is 9.90 Å². The Balaban J connectivity index is 3.10. The van der Waals surface area contributed by atoms with E-state index in [0.717, 1.165) is 12.7 Å². The second-order valence-electron chi connectivity index (χ2n) is 3.64. The number of hydrogen-bond acceptors (Lipinski definition) is 4. The maximum absolute atomic E-state index is 11.4. The van der Waals surface area contributed by atoms with Crippen molar-refractivity contribution < 1.29 is 14.6 Å². The van der Waals surface area contributed by atoms with Crippen LogP contribution in [0.4, 0.5) is 0 Å². The molecule has 0 saturated carbocycles. The molecule has 2 unspecified atom stereocenters. The molecule has 0 spiro atoms. The zero-order chi connectivity index (χ0) is 13.1. The highest BCUT2D eigenvalue weighted by atomic mass is 35.5. The van der Waals surface area contributed by atoms with Crippen molar-refractivity contribution in [3.8, 4) is 6.07 Å². The van der Waals surface area contributed by atoms with E-state index < -0.39 is 16.9 Å². The molecule has 4 nitrogen and oxygen atoms in total. The van der Waals surface area contributed by atoms with Gasteiger partial charge >= 0.3 is 5.97 Å². The number of halogens is 1. The number of rotatable bonds is 3. The van der Waals surface area contributed by atoms with Crippen LogP contribution in [0.25, 0.3) is 0 Å². The number of alkyl halides is 1. The van der Waals surface area contributed by atoms with Gasteiger partial charge in [-0.15, -0.1) is 11.6 Å². The fraction of sp³-hybridized carbons (Fsp3) is 0.333. The molecule has 90 valence electrons. The maximum atomic E-state index is 11.4. The third-order valence-electron chi connectivity index (χ3n) is 2.40. The van der Waals surface area contributed by atoms with Crippen molar-refractivity contribution in [1.82, 2.24) is 0 Å². The van der Waals surface area contributed by atoms with E-state index in [1.165, 1.54) is 6.07 Å². The Bertz CT molecular complexity index is 452. The normalized spacial score (nSPS) is 15.5. The summed E-state index contributed by atoms with van der Waals surface area (Å²) in [6.45, 7) is 1.89. The lowest BCUT2D eigenvalue weighted by molar-refractivity contribution is -0.156. The first-order valence-electron chi connectivity index (χ1n) is 4.88. The van der Waals surface area contributed by atoms with Crippen LogP contribution in [0.1, 0.15) is 16.5 Å². The monoisotopic (exact) mass is 253 g/mol. The number of carbonyl (C=O) groups excluding carboxylic acids is 1. The van der Waals surface area contributed by atoms with Crippen molar-refractivity contribution in [3.63, 3.8) is 0 Å². The summed E-state index contributed by atoms with van der Waals surface area (Å²) in [5.41, 5.74) is -0.895. The lowest BCUT2D eigenvalue weighted by atomic mass is 9.95. The van der Waals surface area contributed by atoms with E-state index in [-0.39, 0.29) is 0 Å². The van der Waals surface area contributed by atoms with Crippen LogP contribution in [0.3, 0.4) is 0 Å². The second kappa shape index (κ2) is 5.17. The highest BCUT2D eigenvalue weighted by molar-refractivity contribution is 6.23. The van der Waals surface area contributed by atoms with E-state index >= 15 is 0 Å². The molecule has 1 rings (SSSR count). The third-order valence-corrected chi connectivity index (χ3v) is 2.97. The van der Waals surface area contributed by atoms with Crippen LogP contribution in [0, 0.1) is 18.3 Å². The van der Waals surface area contributed by atoms with E-state index in [0.29, 0.717) is 5.56 Å². The molecule has 2 atom stereocenters. The zero-order valence-electron chi connectivity index (χ0n) is 9.48. The highest BCUT2D eigenvalue weighted by Crippen LogP contribution is 2.33. The summed E-state index contributed by atoms with van der Waals surface area (Å²) in [6, 6.07) is 8.35. The molecule has 5 heteroatoms. The second-order valence-corrected chi connectivity index (χ2v) is 4.08. The van der Waals surface area contributed by atoms with Gasteiger partial charge in [0.15, 0.2) is 0 Å². The number of esters is 1. The van der Waals surface area contributed by atoms with Crippen molar-refractivity contribution in [2.75, 3.05) is 7.11 Å². The number of carbonyl (C=O) groups is 1. The number of methoxy groups -OCH3 is 1. The summed E-state index contributed by atoms with van der Waals surface area (Å²) >= 11 is 5.97. The summed E-state index contributed by atoms with van der Waals surface area (Å²) in [7, 11) is 1.09. The number of aliphatic hydroxyl groups is 1. The van der Waals surface area contributed by atoms with E-state index in [2.05, 4.69) is 4.74 Å². The van der Waals surface area contributed by atoms with Gasteiger partial charge in [-0.25, -0.2) is 4.79 Å². The quantitative estimate of drug-likeness (QED) is 0.506. The molecular formula is C12H12ClNO3. The summed E-state index contributed by atoms with van der Waals surface area (Å²) in [5, 5.41) is 17.6. The van der Waals surface area contributed by atoms with Crippen LogP contribution in [0.15, 0.2) is 24.3 Å². The average molecular weight is 254 g/mol. The molecule has 0 fully saturated rings. The summed E-state index contributed by atoms with van der Waals surface area (Å²) in [5.74, 6) is -1.07. The molecule has 1 aromatic rings. The van der Waals surface area contributed by atoms with Crippen LogP contribution in [0.2, 0.25) is 0 Å². The molecule has 17 heavy (non-hydrogen) atoms. The van der Waals surface area contributed by atoms with Gasteiger partial charge < -0.3 is 9.84 Å². The minimum Gasteiger partial charge on any atom is -0.466 e. The summed E-state index contributed by atoms with van der Waals surface area (Å²) in [6.07, 6.45) is 0. The van der Waals surface area contributed by atoms with E-state index in [4.69, 9.17) is 16.9 Å². The van der Waals surface area contributed by atoms with Gasteiger partial charge in [-0.2, -0.15) is 5.26 Å². The molecule has 0 saturated heterocycles. The number of nitrogens with zero attached hydrogens (tertiary/aromatic N) is 1. The van der Waals surface area contributed by atoms with Gasteiger partial charge in [0.05, 0.1) is 7.11 Å². The Labute approximate surface area is 104 Å². The van der Waals surface area contributed by atoms with Crippen molar-refractivity contribution >= 4 is 17.6 Å². The number of aryl methyl sites for hydroxylation is 1. The predicted molar refractivity (Wildman–Crippen MR) is 62.4 cm³/mol. The van der Waals surface area contributed by atoms with Crippen LogP contribution >= 0.6 is 11.6 Å². The lowest BCUT2D eigenvalue weighted by Crippen LogP contribution is -2.42. The number of nitriles is 1. The third kappa shape index (κ3) is 2.57. The van der Waals surface area contributed by atoms with Crippen molar-refractivity contribution in [3.05, 3.63) is 35.4 Å². The van der Waals surface area contributed by atoms with Crippen LogP contribution in [-0.2, 0) is 9.53 Å². The SMILES string of the molecule is COC(=O)C(O)(C#N)C(Cl)c1ccc(C)cc1. The number of benzene rings is 1. The topological polar surface area (TPSA) is 70.3 Å². The van der Waals surface area contributed by atoms with Gasteiger partial charge in [0.1, 0.15) is 11.4 Å². The van der Waals surface area contributed by atoms with Gasteiger partial charge in [0.2, 0.25) is 0 Å². The number of ether oxygens (including phenoxy) is 1. The summed E-state index contributed by atoms with van der Waals surface area (Å²) in [4.78, 5) is 11.4. The number of hydrogen-bond donors (Lipinski definition) is 1. The standard InChI is InChI=1S/C12H12ClNO3/c1-8-3-5-9(6-4-8)10(13)12(16,7-14)11(15)17-2/h3-6,10,16H,1-2H3. The molecule has 0 radical (unpaired) electrons. The Kier molecular flexibility index (Phi) is 4.11. The van der Waals surface area contributed by atoms with Crippen LogP contribution in [-0.4, -0.2) is 23.8 Å². The fourth-order valence-corrected chi connectivity index (χ4v) is 1.62. The average Bonchev–Trinajstić information content (AvgIpc) is 2.36. The van der Waals surface area contributed by atoms with E-state index in [1.54, 1.807) is 24.3 Å². The van der Waals surface area contributed by atoms with Crippen LogP contribution < -0.4 is 0 Å². The predicted octanol–water partition coefficient (Wildman–Crippen LogP) is 1.70. The Morgan fingerprint density at radius 1 is 1.53 bits per heavy atom. The van der Waals surface area contributed by atoms with E-state index in [1.807, 2.05) is 6.92 Å². The zero-order valence-corrected chi connectivity index (χ0v) is 10.2. The molecule has 0 heterocycles. The van der Waals surface area contributed by atoms with Crippen molar-refractivity contribution in [2.24, 2.45) is 0 Å². The molecule has 0 aliphatic rings. The summed E-state index contributed by atoms with van der Waals surface area (Å²) < 4.78 is 4.38. The molecule has 0 bridgehead atoms. The Morgan fingerprint density at radius 2 is 2.06 bits per heavy atom. The fourth-order valence-electron chi connectivity index (χ4n) is 1.34. The lowest BCUT2D eigenvalue weighted by Gasteiger charge is -2.23. The molecule has 0 aliphatic heterocycles. The minimum atomic E-state index is -2.38. The van der Waals surface area contributed by atoms with Crippen LogP contribution in [0.5, 0.6) is 0 Å². The van der Waals surface area contributed by atoms with Gasteiger partial charge in [0.25, 0.3) is 5.60 Å². The molecule has 1 N–H and O–H groups in total. The Hall–Kier alpha value is -1.57. The Morgan fingerprint density at radius 3 is 2.47 bits per heavy atom. The molecular weight excluding hydrogens is 242 g/mol. The van der Waals surface area contributed by atoms with Gasteiger partial charge in [-0.3, -0.25) is 0 Å². The van der Waals surface area contributed by atoms with Gasteiger partial charge in [0, 0.05) is 0 Å². The van der Waals surface area contributed by atoms with Gasteiger partial charge in [-0.05, 0) is 12.5 Å². The largest absolute Gasteiger partial charge is 0.466 e. The van der Waals surface area contributed by atoms with Gasteiger partial charge in [-0.1, -0.05) is 29.8 Å². The first kappa shape index (κ1) is 13.5. The first-order chi connectivity index (χ1) is 7.95. The molecule has 0 aromatic heterocycles. The minimum absolute atomic E-state index is 0.478. The molecule has 0 amide bonds. The first-order valence-corrected chi connectivity index (χ1v) is 5.32. The molecule has 1 aromatic carbocycles. The van der Waals surface area contributed by atoms with Crippen molar-refractivity contribution in [2.45, 2.75) is 17.9 Å². The molecule has 0 aliphatic carbocycles. The smallest absolute Gasteiger partial charge is 0.354 e. The maximum Gasteiger partial charge on any atom is 0.354 e. The highest BCUT2D eigenvalue weighted by Gasteiger charge is 2.46.